The highest BCUT2D eigenvalue weighted by Crippen LogP contribution is 2.19. The van der Waals surface area contributed by atoms with Gasteiger partial charge in [0.05, 0.1) is 32.1 Å². The summed E-state index contributed by atoms with van der Waals surface area (Å²) < 4.78 is 16.3. The summed E-state index contributed by atoms with van der Waals surface area (Å²) in [5.41, 5.74) is 8.98. The maximum Gasteiger partial charge on any atom is 0.407 e. The van der Waals surface area contributed by atoms with E-state index in [-0.39, 0.29) is 17.5 Å². The number of benzene rings is 2. The molecule has 2 aromatic carbocycles. The van der Waals surface area contributed by atoms with E-state index < -0.39 is 11.7 Å². The van der Waals surface area contributed by atoms with Gasteiger partial charge in [0, 0.05) is 56.1 Å². The predicted octanol–water partition coefficient (Wildman–Crippen LogP) is 2.66. The Hall–Kier alpha value is -4.04. The molecule has 0 radical (unpaired) electrons. The lowest BCUT2D eigenvalue weighted by Gasteiger charge is -2.34. The van der Waals surface area contributed by atoms with Gasteiger partial charge in [0.2, 0.25) is 0 Å². The first-order valence-corrected chi connectivity index (χ1v) is 14.2. The fourth-order valence-electron chi connectivity index (χ4n) is 4.21. The van der Waals surface area contributed by atoms with Crippen molar-refractivity contribution in [2.45, 2.75) is 26.4 Å². The molecule has 1 fully saturated rings. The van der Waals surface area contributed by atoms with E-state index in [1.54, 1.807) is 47.4 Å². The van der Waals surface area contributed by atoms with Crippen molar-refractivity contribution < 1.29 is 29.0 Å². The maximum atomic E-state index is 13.3. The number of piperazine rings is 1. The molecule has 0 aromatic heterocycles. The molecule has 0 bridgehead atoms. The normalized spacial score (nSPS) is 14.3. The molecular weight excluding hydrogens is 554 g/mol. The van der Waals surface area contributed by atoms with Crippen molar-refractivity contribution in [1.29, 1.82) is 5.41 Å². The van der Waals surface area contributed by atoms with Crippen molar-refractivity contribution in [2.75, 3.05) is 71.4 Å². The third kappa shape index (κ3) is 11.3. The quantitative estimate of drug-likeness (QED) is 0.0764. The Bertz CT molecular complexity index is 1240. The molecule has 0 atom stereocenters. The fraction of sp³-hybridized carbons (Fsp3) is 0.467. The van der Waals surface area contributed by atoms with Gasteiger partial charge in [0.25, 0.3) is 5.91 Å². The van der Waals surface area contributed by atoms with Gasteiger partial charge in [-0.15, -0.1) is 0 Å². The molecule has 3 rings (SSSR count). The average molecular weight is 598 g/mol. The van der Waals surface area contributed by atoms with Gasteiger partial charge in [0.1, 0.15) is 11.3 Å². The van der Waals surface area contributed by atoms with Gasteiger partial charge in [-0.3, -0.25) is 25.8 Å². The molecule has 2 amide bonds. The number of hydrogen-bond donors (Lipinski definition) is 5. The molecular formula is C30H43N7O6. The molecule has 0 unspecified atom stereocenters. The van der Waals surface area contributed by atoms with Crippen molar-refractivity contribution in [2.24, 2.45) is 4.99 Å². The van der Waals surface area contributed by atoms with Crippen molar-refractivity contribution in [3.8, 4) is 0 Å². The summed E-state index contributed by atoms with van der Waals surface area (Å²) in [7, 11) is 0. The number of nitrogens with two attached hydrogens (primary N) is 1. The SMILES string of the molecule is CC(C)(C)OC(=O)NCCOCCOCCN1CCN(C(=O)c2ccc(N)c(C(=N)C(=Nc3ccccc3)NO)c2)CC1. The molecule has 0 aliphatic carbocycles. The second-order valence-electron chi connectivity index (χ2n) is 10.9. The summed E-state index contributed by atoms with van der Waals surface area (Å²) in [5.74, 6) is -0.234. The zero-order valence-electron chi connectivity index (χ0n) is 25.1. The topological polar surface area (TPSA) is 175 Å². The van der Waals surface area contributed by atoms with Crippen molar-refractivity contribution in [3.63, 3.8) is 0 Å². The Balaban J connectivity index is 1.38. The van der Waals surface area contributed by atoms with Crippen molar-refractivity contribution >= 4 is 34.9 Å². The highest BCUT2D eigenvalue weighted by atomic mass is 16.6. The molecule has 1 heterocycles. The summed E-state index contributed by atoms with van der Waals surface area (Å²) in [5, 5.41) is 20.8. The lowest BCUT2D eigenvalue weighted by molar-refractivity contribution is 0.0288. The number of aliphatic imine (C=N–C) groups is 1. The van der Waals surface area contributed by atoms with Gasteiger partial charge in [-0.05, 0) is 51.1 Å². The van der Waals surface area contributed by atoms with E-state index in [2.05, 4.69) is 15.2 Å². The monoisotopic (exact) mass is 597 g/mol. The maximum absolute atomic E-state index is 13.3. The number of nitrogens with zero attached hydrogens (tertiary/aromatic N) is 3. The summed E-state index contributed by atoms with van der Waals surface area (Å²) >= 11 is 0. The second-order valence-corrected chi connectivity index (χ2v) is 10.9. The average Bonchev–Trinajstić information content (AvgIpc) is 2.98. The van der Waals surface area contributed by atoms with Gasteiger partial charge in [-0.25, -0.2) is 9.79 Å². The smallest absolute Gasteiger partial charge is 0.407 e. The van der Waals surface area contributed by atoms with E-state index in [9.17, 15) is 14.8 Å². The Morgan fingerprint density at radius 3 is 2.33 bits per heavy atom. The highest BCUT2D eigenvalue weighted by Gasteiger charge is 2.23. The Morgan fingerprint density at radius 1 is 1.00 bits per heavy atom. The summed E-state index contributed by atoms with van der Waals surface area (Å²) in [6.07, 6.45) is -0.466. The van der Waals surface area contributed by atoms with Crippen LogP contribution in [-0.4, -0.2) is 110 Å². The van der Waals surface area contributed by atoms with Crippen LogP contribution in [0.4, 0.5) is 16.2 Å². The number of carbonyl (C=O) groups excluding carboxylic acids is 2. The van der Waals surface area contributed by atoms with Crippen LogP contribution < -0.4 is 16.5 Å². The minimum Gasteiger partial charge on any atom is -0.444 e. The fourth-order valence-corrected chi connectivity index (χ4v) is 4.21. The van der Waals surface area contributed by atoms with Crippen LogP contribution in [0.5, 0.6) is 0 Å². The molecule has 1 aliphatic rings. The van der Waals surface area contributed by atoms with E-state index in [4.69, 9.17) is 25.4 Å². The molecule has 6 N–H and O–H groups in total. The van der Waals surface area contributed by atoms with Crippen LogP contribution >= 0.6 is 0 Å². The van der Waals surface area contributed by atoms with Crippen LogP contribution in [0.25, 0.3) is 0 Å². The molecule has 1 aliphatic heterocycles. The minimum atomic E-state index is -0.531. The third-order valence-corrected chi connectivity index (χ3v) is 6.41. The number of amidine groups is 1. The summed E-state index contributed by atoms with van der Waals surface area (Å²) in [6.45, 7) is 10.9. The molecule has 1 saturated heterocycles. The lowest BCUT2D eigenvalue weighted by Crippen LogP contribution is -2.49. The van der Waals surface area contributed by atoms with E-state index in [1.807, 2.05) is 32.3 Å². The number of hydrogen-bond acceptors (Lipinski definition) is 10. The van der Waals surface area contributed by atoms with Gasteiger partial charge in [-0.1, -0.05) is 18.2 Å². The van der Waals surface area contributed by atoms with E-state index in [1.165, 1.54) is 0 Å². The van der Waals surface area contributed by atoms with Crippen LogP contribution in [0, 0.1) is 5.41 Å². The molecule has 13 nitrogen and oxygen atoms in total. The van der Waals surface area contributed by atoms with E-state index in [0.29, 0.717) is 81.7 Å². The Kier molecular flexibility index (Phi) is 12.9. The number of nitrogens with one attached hydrogen (secondary N) is 3. The predicted molar refractivity (Wildman–Crippen MR) is 164 cm³/mol. The number of hydroxylamine groups is 1. The zero-order valence-corrected chi connectivity index (χ0v) is 25.1. The molecule has 234 valence electrons. The molecule has 0 saturated carbocycles. The molecule has 2 aromatic rings. The van der Waals surface area contributed by atoms with Crippen molar-refractivity contribution in [3.05, 3.63) is 59.7 Å². The number of anilines is 1. The minimum absolute atomic E-state index is 0.0832. The number of ether oxygens (including phenoxy) is 3. The lowest BCUT2D eigenvalue weighted by atomic mass is 10.0. The second kappa shape index (κ2) is 16.6. The van der Waals surface area contributed by atoms with E-state index >= 15 is 0 Å². The zero-order chi connectivity index (χ0) is 31.2. The van der Waals surface area contributed by atoms with Crippen LogP contribution in [0.15, 0.2) is 53.5 Å². The largest absolute Gasteiger partial charge is 0.444 e. The van der Waals surface area contributed by atoms with Gasteiger partial charge < -0.3 is 30.2 Å². The first kappa shape index (κ1) is 33.5. The molecule has 0 spiro atoms. The number of rotatable bonds is 13. The number of carbonyl (C=O) groups is 2. The van der Waals surface area contributed by atoms with Crippen molar-refractivity contribution in [1.82, 2.24) is 20.6 Å². The standard InChI is InChI=1S/C30H43N7O6/c1-30(2,3)43-29(39)33-11-17-41-19-20-42-18-16-36-12-14-37(15-13-36)28(38)22-9-10-25(31)24(21-22)26(32)27(35-40)34-23-7-5-4-6-8-23/h4-10,21,32,40H,11-20,31H2,1-3H3,(H,33,39)(H,34,35). The first-order chi connectivity index (χ1) is 20.6. The summed E-state index contributed by atoms with van der Waals surface area (Å²) in [6, 6.07) is 13.7. The summed E-state index contributed by atoms with van der Waals surface area (Å²) in [4.78, 5) is 33.1. The highest BCUT2D eigenvalue weighted by molar-refractivity contribution is 6.47. The number of amides is 2. The number of alkyl carbamates (subject to hydrolysis) is 1. The Morgan fingerprint density at radius 2 is 1.67 bits per heavy atom. The van der Waals surface area contributed by atoms with Gasteiger partial charge in [-0.2, -0.15) is 0 Å². The van der Waals surface area contributed by atoms with Crippen LogP contribution in [0.3, 0.4) is 0 Å². The molecule has 13 heteroatoms. The number of nitrogen functional groups attached to an aromatic ring is 1. The van der Waals surface area contributed by atoms with Crippen LogP contribution in [0.1, 0.15) is 36.7 Å². The van der Waals surface area contributed by atoms with Crippen LogP contribution in [-0.2, 0) is 14.2 Å². The molecule has 43 heavy (non-hydrogen) atoms. The third-order valence-electron chi connectivity index (χ3n) is 6.41. The van der Waals surface area contributed by atoms with Crippen LogP contribution in [0.2, 0.25) is 0 Å². The van der Waals surface area contributed by atoms with Gasteiger partial charge >= 0.3 is 6.09 Å². The van der Waals surface area contributed by atoms with Gasteiger partial charge in [0.15, 0.2) is 5.84 Å². The Labute approximate surface area is 252 Å². The number of para-hydroxylation sites is 1. The van der Waals surface area contributed by atoms with E-state index in [0.717, 1.165) is 6.54 Å². The first-order valence-electron chi connectivity index (χ1n) is 14.2.